The lowest BCUT2D eigenvalue weighted by molar-refractivity contribution is 1.15. The second-order valence-corrected chi connectivity index (χ2v) is 11.4. The highest BCUT2D eigenvalue weighted by Crippen LogP contribution is 2.21. The zero-order valence-electron chi connectivity index (χ0n) is 14.0. The van der Waals surface area contributed by atoms with E-state index in [0.717, 1.165) is 6.42 Å². The number of benzene rings is 2. The van der Waals surface area contributed by atoms with Crippen molar-refractivity contribution in [2.24, 2.45) is 0 Å². The van der Waals surface area contributed by atoms with Gasteiger partial charge in [0.2, 0.25) is 0 Å². The van der Waals surface area contributed by atoms with E-state index in [4.69, 9.17) is 0 Å². The monoisotopic (exact) mass is 304 g/mol. The molecule has 0 aromatic heterocycles. The Morgan fingerprint density at radius 3 is 1.95 bits per heavy atom. The van der Waals surface area contributed by atoms with Crippen LogP contribution in [0.15, 0.2) is 66.2 Å². The van der Waals surface area contributed by atoms with Crippen molar-refractivity contribution in [2.75, 3.05) is 0 Å². The molecular formula is C21H24Si. The van der Waals surface area contributed by atoms with Crippen molar-refractivity contribution in [2.45, 2.75) is 33.0 Å². The highest BCUT2D eigenvalue weighted by molar-refractivity contribution is 6.84. The minimum atomic E-state index is -1.39. The maximum atomic E-state index is 3.52. The van der Waals surface area contributed by atoms with Crippen LogP contribution in [0.2, 0.25) is 19.6 Å². The van der Waals surface area contributed by atoms with E-state index < -0.39 is 8.07 Å². The van der Waals surface area contributed by atoms with Gasteiger partial charge in [0.25, 0.3) is 0 Å². The third-order valence-electron chi connectivity index (χ3n) is 3.36. The molecule has 2 aromatic rings. The summed E-state index contributed by atoms with van der Waals surface area (Å²) < 4.78 is 0. The molecular weight excluding hydrogens is 280 g/mol. The Hall–Kier alpha value is -2.04. The van der Waals surface area contributed by atoms with Gasteiger partial charge in [-0.05, 0) is 24.5 Å². The predicted octanol–water partition coefficient (Wildman–Crippen LogP) is 5.58. The molecule has 0 N–H and O–H groups in total. The summed E-state index contributed by atoms with van der Waals surface area (Å²) in [5, 5.41) is 0. The van der Waals surface area contributed by atoms with E-state index in [0.29, 0.717) is 0 Å². The molecule has 0 fully saturated rings. The molecule has 0 spiro atoms. The van der Waals surface area contributed by atoms with E-state index in [1.54, 1.807) is 0 Å². The molecule has 0 nitrogen and oxygen atoms in total. The Bertz CT molecular complexity index is 692. The summed E-state index contributed by atoms with van der Waals surface area (Å²) in [6.07, 6.45) is 0.950. The lowest BCUT2D eigenvalue weighted by Crippen LogP contribution is -2.16. The quantitative estimate of drug-likeness (QED) is 0.512. The molecule has 0 heterocycles. The van der Waals surface area contributed by atoms with Crippen molar-refractivity contribution < 1.29 is 0 Å². The fourth-order valence-corrected chi connectivity index (χ4v) is 2.77. The first-order chi connectivity index (χ1) is 10.5. The molecule has 0 aliphatic rings. The van der Waals surface area contributed by atoms with E-state index in [1.165, 1.54) is 22.3 Å². The van der Waals surface area contributed by atoms with E-state index in [9.17, 15) is 0 Å². The fraction of sp³-hybridized carbons (Fsp3) is 0.238. The van der Waals surface area contributed by atoms with Crippen LogP contribution in [-0.2, 0) is 6.42 Å². The molecule has 0 bridgehead atoms. The molecule has 0 atom stereocenters. The van der Waals surface area contributed by atoms with Crippen LogP contribution in [-0.4, -0.2) is 8.07 Å². The topological polar surface area (TPSA) is 0 Å². The average molecular weight is 305 g/mol. The maximum absolute atomic E-state index is 3.52. The van der Waals surface area contributed by atoms with Crippen molar-refractivity contribution in [3.8, 4) is 11.5 Å². The third-order valence-corrected chi connectivity index (χ3v) is 4.24. The minimum absolute atomic E-state index is 0.950. The summed E-state index contributed by atoms with van der Waals surface area (Å²) in [5.74, 6) is 3.49. The van der Waals surface area contributed by atoms with E-state index >= 15 is 0 Å². The largest absolute Gasteiger partial charge is 0.129 e. The predicted molar refractivity (Wildman–Crippen MR) is 100 cm³/mol. The van der Waals surface area contributed by atoms with E-state index in [-0.39, 0.29) is 0 Å². The number of hydrogen-bond acceptors (Lipinski definition) is 0. The maximum Gasteiger partial charge on any atom is 0.129 e. The van der Waals surface area contributed by atoms with E-state index in [2.05, 4.69) is 98.7 Å². The second kappa shape index (κ2) is 7.29. The first-order valence-corrected chi connectivity index (χ1v) is 11.3. The van der Waals surface area contributed by atoms with Gasteiger partial charge in [0, 0.05) is 5.57 Å². The summed E-state index contributed by atoms with van der Waals surface area (Å²) in [6.45, 7) is 9.06. The molecule has 2 rings (SSSR count). The lowest BCUT2D eigenvalue weighted by Gasteiger charge is -2.10. The van der Waals surface area contributed by atoms with E-state index in [1.807, 2.05) is 0 Å². The molecule has 0 unspecified atom stereocenters. The van der Waals surface area contributed by atoms with Crippen LogP contribution in [0.1, 0.15) is 18.1 Å². The summed E-state index contributed by atoms with van der Waals surface area (Å²) >= 11 is 0. The minimum Gasteiger partial charge on any atom is -0.127 e. The summed E-state index contributed by atoms with van der Waals surface area (Å²) in [6, 6.07) is 21.1. The van der Waals surface area contributed by atoms with Gasteiger partial charge in [-0.2, -0.15) is 0 Å². The molecule has 1 heteroatoms. The lowest BCUT2D eigenvalue weighted by atomic mass is 9.96. The van der Waals surface area contributed by atoms with Gasteiger partial charge < -0.3 is 0 Å². The molecule has 22 heavy (non-hydrogen) atoms. The van der Waals surface area contributed by atoms with Crippen LogP contribution in [0.5, 0.6) is 0 Å². The first-order valence-electron chi connectivity index (χ1n) is 7.78. The Kier molecular flexibility index (Phi) is 5.41. The van der Waals surface area contributed by atoms with Gasteiger partial charge >= 0.3 is 0 Å². The molecule has 0 aliphatic carbocycles. The van der Waals surface area contributed by atoms with Crippen LogP contribution in [0, 0.1) is 11.5 Å². The second-order valence-electron chi connectivity index (χ2n) is 6.68. The average Bonchev–Trinajstić information content (AvgIpc) is 2.48. The third kappa shape index (κ3) is 5.06. The zero-order valence-corrected chi connectivity index (χ0v) is 15.0. The molecule has 0 radical (unpaired) electrons. The molecule has 0 amide bonds. The number of rotatable bonds is 3. The molecule has 112 valence electrons. The standard InChI is InChI=1S/C21H24Si/c1-18(17-19-11-7-5-8-12-19)21(15-16-22(2,3)4)20-13-9-6-10-14-20/h5-14H,17H2,1-4H3/b21-18+. The van der Waals surface area contributed by atoms with Gasteiger partial charge in [-0.25, -0.2) is 0 Å². The summed E-state index contributed by atoms with van der Waals surface area (Å²) in [7, 11) is -1.39. The summed E-state index contributed by atoms with van der Waals surface area (Å²) in [4.78, 5) is 0. The van der Waals surface area contributed by atoms with Gasteiger partial charge in [0.05, 0.1) is 0 Å². The SMILES string of the molecule is C/C(Cc1ccccc1)=C(/C#C[Si](C)(C)C)c1ccccc1. The van der Waals surface area contributed by atoms with Crippen LogP contribution in [0.25, 0.3) is 5.57 Å². The fourth-order valence-electron chi connectivity index (χ4n) is 2.27. The van der Waals surface area contributed by atoms with Crippen LogP contribution in [0.3, 0.4) is 0 Å². The van der Waals surface area contributed by atoms with Crippen molar-refractivity contribution in [1.82, 2.24) is 0 Å². The normalized spacial score (nSPS) is 12.2. The van der Waals surface area contributed by atoms with Crippen LogP contribution >= 0.6 is 0 Å². The van der Waals surface area contributed by atoms with Gasteiger partial charge in [0.1, 0.15) is 8.07 Å². The van der Waals surface area contributed by atoms with Crippen molar-refractivity contribution in [3.05, 3.63) is 77.4 Å². The van der Waals surface area contributed by atoms with Crippen LogP contribution < -0.4 is 0 Å². The molecule has 0 saturated carbocycles. The molecule has 0 aliphatic heterocycles. The Morgan fingerprint density at radius 1 is 0.864 bits per heavy atom. The van der Waals surface area contributed by atoms with Gasteiger partial charge in [-0.3, -0.25) is 0 Å². The smallest absolute Gasteiger partial charge is 0.127 e. The highest BCUT2D eigenvalue weighted by atomic mass is 28.3. The van der Waals surface area contributed by atoms with Gasteiger partial charge in [-0.1, -0.05) is 91.8 Å². The Labute approximate surface area is 135 Å². The molecule has 2 aromatic carbocycles. The number of allylic oxidation sites excluding steroid dienone is 2. The van der Waals surface area contributed by atoms with Gasteiger partial charge in [-0.15, -0.1) is 5.54 Å². The van der Waals surface area contributed by atoms with Gasteiger partial charge in [0.15, 0.2) is 0 Å². The van der Waals surface area contributed by atoms with Crippen molar-refractivity contribution in [1.29, 1.82) is 0 Å². The highest BCUT2D eigenvalue weighted by Gasteiger charge is 2.09. The number of hydrogen-bond donors (Lipinski definition) is 0. The zero-order chi connectivity index (χ0) is 16.0. The molecule has 0 saturated heterocycles. The van der Waals surface area contributed by atoms with Crippen LogP contribution in [0.4, 0.5) is 0 Å². The van der Waals surface area contributed by atoms with Crippen molar-refractivity contribution >= 4 is 13.6 Å². The summed E-state index contributed by atoms with van der Waals surface area (Å²) in [5.41, 5.74) is 8.60. The Balaban J connectivity index is 2.42. The van der Waals surface area contributed by atoms with Crippen molar-refractivity contribution in [3.63, 3.8) is 0 Å². The Morgan fingerprint density at radius 2 is 1.41 bits per heavy atom. The first kappa shape index (κ1) is 16.3.